The normalized spacial score (nSPS) is 25.3. The molecule has 0 aromatic heterocycles. The number of hydrogen-bond donors (Lipinski definition) is 3. The number of carbonyl (C=O) groups is 2. The van der Waals surface area contributed by atoms with E-state index in [0.717, 1.165) is 19.3 Å². The largest absolute Gasteiger partial charge is 0.481 e. The van der Waals surface area contributed by atoms with Gasteiger partial charge in [-0.1, -0.05) is 19.8 Å². The summed E-state index contributed by atoms with van der Waals surface area (Å²) in [6.45, 7) is 1.64. The molecule has 1 aliphatic rings. The summed E-state index contributed by atoms with van der Waals surface area (Å²) < 4.78 is 0. The van der Waals surface area contributed by atoms with Crippen molar-refractivity contribution in [3.05, 3.63) is 0 Å². The minimum Gasteiger partial charge on any atom is -0.481 e. The molecule has 6 heteroatoms. The number of nitrogens with zero attached hydrogens (tertiary/aromatic N) is 1. The minimum atomic E-state index is -0.935. The molecule has 104 valence electrons. The van der Waals surface area contributed by atoms with Gasteiger partial charge in [-0.05, 0) is 12.8 Å². The van der Waals surface area contributed by atoms with Crippen molar-refractivity contribution in [1.82, 2.24) is 10.2 Å². The van der Waals surface area contributed by atoms with E-state index in [9.17, 15) is 14.7 Å². The summed E-state index contributed by atoms with van der Waals surface area (Å²) in [4.78, 5) is 23.9. The van der Waals surface area contributed by atoms with E-state index in [4.69, 9.17) is 5.11 Å². The maximum atomic E-state index is 11.8. The predicted octanol–water partition coefficient (Wildman–Crippen LogP) is 0.652. The molecule has 18 heavy (non-hydrogen) atoms. The number of amides is 2. The molecule has 0 heterocycles. The number of hydrogen-bond acceptors (Lipinski definition) is 3. The Morgan fingerprint density at radius 3 is 2.56 bits per heavy atom. The molecule has 0 aliphatic heterocycles. The van der Waals surface area contributed by atoms with E-state index in [-0.39, 0.29) is 18.6 Å². The zero-order valence-corrected chi connectivity index (χ0v) is 10.9. The fourth-order valence-electron chi connectivity index (χ4n) is 2.15. The third kappa shape index (κ3) is 3.87. The van der Waals surface area contributed by atoms with Crippen molar-refractivity contribution in [2.24, 2.45) is 5.92 Å². The number of carboxylic acids is 1. The Bertz CT molecular complexity index is 308. The van der Waals surface area contributed by atoms with E-state index in [0.29, 0.717) is 6.42 Å². The quantitative estimate of drug-likeness (QED) is 0.690. The van der Waals surface area contributed by atoms with Gasteiger partial charge < -0.3 is 20.4 Å². The third-order valence-corrected chi connectivity index (χ3v) is 3.49. The lowest BCUT2D eigenvalue weighted by Gasteiger charge is -2.35. The lowest BCUT2D eigenvalue weighted by atomic mass is 9.92. The molecule has 0 bridgehead atoms. The number of aliphatic carboxylic acids is 1. The summed E-state index contributed by atoms with van der Waals surface area (Å²) in [6, 6.07) is -0.493. The molecule has 6 nitrogen and oxygen atoms in total. The summed E-state index contributed by atoms with van der Waals surface area (Å²) in [5.41, 5.74) is 0. The van der Waals surface area contributed by atoms with Crippen LogP contribution in [-0.4, -0.2) is 52.9 Å². The maximum absolute atomic E-state index is 11.8. The predicted molar refractivity (Wildman–Crippen MR) is 66.2 cm³/mol. The highest BCUT2D eigenvalue weighted by molar-refractivity contribution is 5.76. The molecule has 0 aromatic rings. The van der Waals surface area contributed by atoms with Crippen molar-refractivity contribution in [1.29, 1.82) is 0 Å². The van der Waals surface area contributed by atoms with E-state index in [1.54, 1.807) is 7.05 Å². The van der Waals surface area contributed by atoms with E-state index in [1.807, 2.05) is 0 Å². The topological polar surface area (TPSA) is 89.9 Å². The number of nitrogens with one attached hydrogen (secondary N) is 1. The van der Waals surface area contributed by atoms with Gasteiger partial charge in [0.25, 0.3) is 0 Å². The highest BCUT2D eigenvalue weighted by Gasteiger charge is 2.29. The molecule has 0 spiro atoms. The van der Waals surface area contributed by atoms with Crippen molar-refractivity contribution >= 4 is 12.0 Å². The van der Waals surface area contributed by atoms with Crippen molar-refractivity contribution in [2.75, 3.05) is 13.6 Å². The molecular formula is C12H22N2O4. The molecule has 2 amide bonds. The molecule has 1 rings (SSSR count). The first-order valence-electron chi connectivity index (χ1n) is 6.35. The lowest BCUT2D eigenvalue weighted by molar-refractivity contribution is -0.140. The smallest absolute Gasteiger partial charge is 0.317 e. The SMILES string of the molecule is CC(CNC(=O)N(C)C1CCCCC1O)C(=O)O. The van der Waals surface area contributed by atoms with Gasteiger partial charge in [-0.2, -0.15) is 0 Å². The number of carbonyl (C=O) groups excluding carboxylic acids is 1. The van der Waals surface area contributed by atoms with Crippen LogP contribution in [0.1, 0.15) is 32.6 Å². The molecule has 3 N–H and O–H groups in total. The number of aliphatic hydroxyl groups excluding tert-OH is 1. The van der Waals surface area contributed by atoms with E-state index in [2.05, 4.69) is 5.32 Å². The van der Waals surface area contributed by atoms with Crippen LogP contribution in [0.25, 0.3) is 0 Å². The fraction of sp³-hybridized carbons (Fsp3) is 0.833. The van der Waals surface area contributed by atoms with Gasteiger partial charge in [0.05, 0.1) is 18.1 Å². The van der Waals surface area contributed by atoms with Crippen LogP contribution >= 0.6 is 0 Å². The zero-order valence-electron chi connectivity index (χ0n) is 10.9. The van der Waals surface area contributed by atoms with Gasteiger partial charge in [0.15, 0.2) is 0 Å². The van der Waals surface area contributed by atoms with Gasteiger partial charge in [0.1, 0.15) is 0 Å². The second-order valence-corrected chi connectivity index (χ2v) is 4.96. The molecule has 3 atom stereocenters. The molecule has 3 unspecified atom stereocenters. The lowest BCUT2D eigenvalue weighted by Crippen LogP contribution is -2.50. The van der Waals surface area contributed by atoms with Gasteiger partial charge >= 0.3 is 12.0 Å². The summed E-state index contributed by atoms with van der Waals surface area (Å²) in [5.74, 6) is -1.55. The Morgan fingerprint density at radius 2 is 2.00 bits per heavy atom. The first-order chi connectivity index (χ1) is 8.43. The average molecular weight is 258 g/mol. The van der Waals surface area contributed by atoms with Crippen molar-refractivity contribution in [2.45, 2.75) is 44.8 Å². The second kappa shape index (κ2) is 6.58. The van der Waals surface area contributed by atoms with Gasteiger partial charge in [-0.3, -0.25) is 4.79 Å². The van der Waals surface area contributed by atoms with Crippen LogP contribution in [0.4, 0.5) is 4.79 Å². The van der Waals surface area contributed by atoms with Crippen molar-refractivity contribution < 1.29 is 19.8 Å². The van der Waals surface area contributed by atoms with Crippen molar-refractivity contribution in [3.63, 3.8) is 0 Å². The fourth-order valence-corrected chi connectivity index (χ4v) is 2.15. The van der Waals surface area contributed by atoms with Crippen LogP contribution in [0.3, 0.4) is 0 Å². The number of urea groups is 1. The van der Waals surface area contributed by atoms with Crippen LogP contribution < -0.4 is 5.32 Å². The Kier molecular flexibility index (Phi) is 5.40. The average Bonchev–Trinajstić information content (AvgIpc) is 2.35. The van der Waals surface area contributed by atoms with Crippen molar-refractivity contribution in [3.8, 4) is 0 Å². The van der Waals surface area contributed by atoms with Gasteiger partial charge in [0.2, 0.25) is 0 Å². The standard InChI is InChI=1S/C12H22N2O4/c1-8(11(16)17)7-13-12(18)14(2)9-5-3-4-6-10(9)15/h8-10,15H,3-7H2,1-2H3,(H,13,18)(H,16,17). The summed E-state index contributed by atoms with van der Waals surface area (Å²) >= 11 is 0. The Morgan fingerprint density at radius 1 is 1.39 bits per heavy atom. The number of likely N-dealkylation sites (N-methyl/N-ethyl adjacent to an activating group) is 1. The second-order valence-electron chi connectivity index (χ2n) is 4.96. The number of carboxylic acid groups (broad SMARTS) is 1. The molecule has 0 saturated heterocycles. The first kappa shape index (κ1) is 14.8. The Hall–Kier alpha value is -1.30. The third-order valence-electron chi connectivity index (χ3n) is 3.49. The Balaban J connectivity index is 2.43. The summed E-state index contributed by atoms with van der Waals surface area (Å²) in [5, 5.41) is 21.1. The molecule has 1 saturated carbocycles. The minimum absolute atomic E-state index is 0.0985. The Labute approximate surface area is 107 Å². The highest BCUT2D eigenvalue weighted by Crippen LogP contribution is 2.22. The zero-order chi connectivity index (χ0) is 13.7. The number of aliphatic hydroxyl groups is 1. The monoisotopic (exact) mass is 258 g/mol. The molecule has 0 aromatic carbocycles. The maximum Gasteiger partial charge on any atom is 0.317 e. The van der Waals surface area contributed by atoms with Gasteiger partial charge in [-0.15, -0.1) is 0 Å². The van der Waals surface area contributed by atoms with E-state index in [1.165, 1.54) is 11.8 Å². The molecule has 0 radical (unpaired) electrons. The van der Waals surface area contributed by atoms with Crippen LogP contribution in [0, 0.1) is 5.92 Å². The van der Waals surface area contributed by atoms with Crippen LogP contribution in [0.15, 0.2) is 0 Å². The molecule has 1 aliphatic carbocycles. The van der Waals surface area contributed by atoms with Gasteiger partial charge in [-0.25, -0.2) is 4.79 Å². The molecule has 1 fully saturated rings. The van der Waals surface area contributed by atoms with Crippen LogP contribution in [-0.2, 0) is 4.79 Å². The number of rotatable bonds is 4. The van der Waals surface area contributed by atoms with Crippen LogP contribution in [0.2, 0.25) is 0 Å². The van der Waals surface area contributed by atoms with Gasteiger partial charge in [0, 0.05) is 13.6 Å². The van der Waals surface area contributed by atoms with E-state index >= 15 is 0 Å². The van der Waals surface area contributed by atoms with E-state index < -0.39 is 18.0 Å². The van der Waals surface area contributed by atoms with Crippen LogP contribution in [0.5, 0.6) is 0 Å². The first-order valence-corrected chi connectivity index (χ1v) is 6.35. The highest BCUT2D eigenvalue weighted by atomic mass is 16.4. The summed E-state index contributed by atoms with van der Waals surface area (Å²) in [6.07, 6.45) is 3.02. The summed E-state index contributed by atoms with van der Waals surface area (Å²) in [7, 11) is 1.64. The molecular weight excluding hydrogens is 236 g/mol.